The van der Waals surface area contributed by atoms with E-state index in [-0.39, 0.29) is 0 Å². The van der Waals surface area contributed by atoms with Crippen molar-refractivity contribution >= 4 is 0 Å². The van der Waals surface area contributed by atoms with Crippen molar-refractivity contribution in [2.45, 2.75) is 18.3 Å². The minimum absolute atomic E-state index is 0.292. The van der Waals surface area contributed by atoms with Crippen molar-refractivity contribution in [3.63, 3.8) is 0 Å². The number of nitrogens with zero attached hydrogens (tertiary/aromatic N) is 3. The van der Waals surface area contributed by atoms with Crippen LogP contribution in [0.3, 0.4) is 0 Å². The first-order valence-corrected chi connectivity index (χ1v) is 8.76. The molecule has 2 heterocycles. The average molecular weight is 399 g/mol. The van der Waals surface area contributed by atoms with Crippen molar-refractivity contribution in [1.82, 2.24) is 9.78 Å². The third-order valence-corrected chi connectivity index (χ3v) is 4.72. The molecule has 1 aliphatic heterocycles. The number of aromatic nitrogens is 2. The van der Waals surface area contributed by atoms with Crippen LogP contribution in [0.4, 0.5) is 13.2 Å². The van der Waals surface area contributed by atoms with Crippen LogP contribution in [0.1, 0.15) is 22.7 Å². The van der Waals surface area contributed by atoms with E-state index in [4.69, 9.17) is 5.73 Å². The van der Waals surface area contributed by atoms with Crippen LogP contribution in [-0.2, 0) is 6.18 Å². The predicted octanol–water partition coefficient (Wildman–Crippen LogP) is 3.95. The van der Waals surface area contributed by atoms with Gasteiger partial charge in [-0.3, -0.25) is 9.89 Å². The normalized spacial score (nSPS) is 17.4. The standard InChI is InChI=1S/C20H16F3N5O/c21-20(22,23)17-16(19(29)28(27-17)13-9-5-2-6-10-13)15(12-7-3-1-4-8-12)14-11-25-26-18(14)24/h1-11,15,18,27H,24H2. The monoisotopic (exact) mass is 399 g/mol. The number of azo groups is 1. The zero-order chi connectivity index (χ0) is 20.6. The molecule has 0 saturated heterocycles. The van der Waals surface area contributed by atoms with Gasteiger partial charge in [0, 0.05) is 11.5 Å². The summed E-state index contributed by atoms with van der Waals surface area (Å²) in [7, 11) is 0. The van der Waals surface area contributed by atoms with Crippen LogP contribution >= 0.6 is 0 Å². The van der Waals surface area contributed by atoms with Gasteiger partial charge in [-0.1, -0.05) is 48.5 Å². The van der Waals surface area contributed by atoms with Crippen LogP contribution < -0.4 is 11.3 Å². The van der Waals surface area contributed by atoms with Crippen molar-refractivity contribution in [2.75, 3.05) is 0 Å². The summed E-state index contributed by atoms with van der Waals surface area (Å²) in [6.45, 7) is 0. The van der Waals surface area contributed by atoms with Crippen LogP contribution in [0.25, 0.3) is 5.69 Å². The molecule has 0 saturated carbocycles. The molecule has 0 fully saturated rings. The number of H-pyrrole nitrogens is 1. The van der Waals surface area contributed by atoms with E-state index in [9.17, 15) is 18.0 Å². The van der Waals surface area contributed by atoms with E-state index >= 15 is 0 Å². The van der Waals surface area contributed by atoms with Crippen LogP contribution in [-0.4, -0.2) is 15.9 Å². The van der Waals surface area contributed by atoms with Crippen molar-refractivity contribution < 1.29 is 13.2 Å². The van der Waals surface area contributed by atoms with E-state index < -0.39 is 35.1 Å². The summed E-state index contributed by atoms with van der Waals surface area (Å²) in [5.41, 5.74) is 4.68. The number of benzene rings is 2. The summed E-state index contributed by atoms with van der Waals surface area (Å²) in [5.74, 6) is -1.05. The Kier molecular flexibility index (Phi) is 4.67. The summed E-state index contributed by atoms with van der Waals surface area (Å²) in [5, 5.41) is 9.77. The number of rotatable bonds is 4. The summed E-state index contributed by atoms with van der Waals surface area (Å²) in [6, 6.07) is 16.5. The topological polar surface area (TPSA) is 88.5 Å². The second kappa shape index (κ2) is 7.17. The summed E-state index contributed by atoms with van der Waals surface area (Å²) in [4.78, 5) is 13.2. The molecule has 1 aromatic heterocycles. The summed E-state index contributed by atoms with van der Waals surface area (Å²) in [6.07, 6.45) is -4.39. The number of alkyl halides is 3. The van der Waals surface area contributed by atoms with Crippen molar-refractivity contribution in [3.8, 4) is 5.69 Å². The van der Waals surface area contributed by atoms with Gasteiger partial charge in [0.1, 0.15) is 11.9 Å². The number of halogens is 3. The highest BCUT2D eigenvalue weighted by molar-refractivity contribution is 5.46. The number of para-hydroxylation sites is 1. The molecule has 4 rings (SSSR count). The zero-order valence-electron chi connectivity index (χ0n) is 15.0. The molecule has 6 nitrogen and oxygen atoms in total. The molecule has 0 radical (unpaired) electrons. The van der Waals surface area contributed by atoms with Gasteiger partial charge in [0.15, 0.2) is 0 Å². The van der Waals surface area contributed by atoms with E-state index in [0.717, 1.165) is 4.68 Å². The maximum absolute atomic E-state index is 13.9. The lowest BCUT2D eigenvalue weighted by Crippen LogP contribution is -2.27. The molecule has 1 aliphatic rings. The summed E-state index contributed by atoms with van der Waals surface area (Å²) < 4.78 is 42.7. The van der Waals surface area contributed by atoms with E-state index in [2.05, 4.69) is 15.3 Å². The maximum atomic E-state index is 13.9. The van der Waals surface area contributed by atoms with E-state index in [1.165, 1.54) is 6.20 Å². The maximum Gasteiger partial charge on any atom is 0.433 e. The fraction of sp³-hybridized carbons (Fsp3) is 0.150. The Labute approximate surface area is 163 Å². The summed E-state index contributed by atoms with van der Waals surface area (Å²) >= 11 is 0. The molecular weight excluding hydrogens is 383 g/mol. The first kappa shape index (κ1) is 18.9. The van der Waals surface area contributed by atoms with Gasteiger partial charge in [-0.2, -0.15) is 23.4 Å². The lowest BCUT2D eigenvalue weighted by Gasteiger charge is -2.21. The second-order valence-electron chi connectivity index (χ2n) is 6.52. The highest BCUT2D eigenvalue weighted by atomic mass is 19.4. The van der Waals surface area contributed by atoms with Gasteiger partial charge < -0.3 is 5.73 Å². The zero-order valence-corrected chi connectivity index (χ0v) is 15.0. The molecule has 2 aromatic carbocycles. The van der Waals surface area contributed by atoms with Crippen LogP contribution in [0.2, 0.25) is 0 Å². The molecule has 9 heteroatoms. The number of aromatic amines is 1. The first-order chi connectivity index (χ1) is 13.9. The molecule has 148 valence electrons. The molecule has 2 unspecified atom stereocenters. The van der Waals surface area contributed by atoms with Gasteiger partial charge in [-0.25, -0.2) is 4.68 Å². The third kappa shape index (κ3) is 3.40. The Morgan fingerprint density at radius 2 is 1.66 bits per heavy atom. The van der Waals surface area contributed by atoms with Crippen molar-refractivity contribution in [1.29, 1.82) is 0 Å². The molecule has 0 amide bonds. The van der Waals surface area contributed by atoms with E-state index in [1.807, 2.05) is 0 Å². The molecule has 3 aromatic rings. The number of hydrogen-bond acceptors (Lipinski definition) is 4. The van der Waals surface area contributed by atoms with E-state index in [1.54, 1.807) is 60.7 Å². The van der Waals surface area contributed by atoms with Crippen LogP contribution in [0, 0.1) is 0 Å². The Bertz CT molecular complexity index is 1130. The predicted molar refractivity (Wildman–Crippen MR) is 101 cm³/mol. The van der Waals surface area contributed by atoms with Gasteiger partial charge >= 0.3 is 6.18 Å². The highest BCUT2D eigenvalue weighted by Crippen LogP contribution is 2.40. The van der Waals surface area contributed by atoms with Gasteiger partial charge in [0.05, 0.1) is 17.5 Å². The van der Waals surface area contributed by atoms with Gasteiger partial charge in [0.2, 0.25) is 0 Å². The molecule has 0 aliphatic carbocycles. The Morgan fingerprint density at radius 3 is 2.21 bits per heavy atom. The number of nitrogens with one attached hydrogen (secondary N) is 1. The number of hydrogen-bond donors (Lipinski definition) is 2. The highest BCUT2D eigenvalue weighted by Gasteiger charge is 2.42. The number of nitrogens with two attached hydrogens (primary N) is 1. The fourth-order valence-corrected chi connectivity index (χ4v) is 3.42. The van der Waals surface area contributed by atoms with Crippen LogP contribution in [0.15, 0.2) is 87.5 Å². The molecule has 0 spiro atoms. The Balaban J connectivity index is 2.00. The molecule has 2 atom stereocenters. The minimum Gasteiger partial charge on any atom is -0.305 e. The Hall–Kier alpha value is -3.46. The minimum atomic E-state index is -4.78. The molecular formula is C20H16F3N5O. The molecule has 0 bridgehead atoms. The first-order valence-electron chi connectivity index (χ1n) is 8.76. The fourth-order valence-electron chi connectivity index (χ4n) is 3.42. The SMILES string of the molecule is NC1N=NC=C1C(c1ccccc1)c1c(C(F)(F)F)[nH]n(-c2ccccc2)c1=O. The smallest absolute Gasteiger partial charge is 0.305 e. The quantitative estimate of drug-likeness (QED) is 0.696. The largest absolute Gasteiger partial charge is 0.433 e. The average Bonchev–Trinajstić information content (AvgIpc) is 3.28. The van der Waals surface area contributed by atoms with E-state index in [0.29, 0.717) is 16.8 Å². The van der Waals surface area contributed by atoms with Gasteiger partial charge in [-0.15, -0.1) is 0 Å². The van der Waals surface area contributed by atoms with Gasteiger partial charge in [0.25, 0.3) is 5.56 Å². The van der Waals surface area contributed by atoms with Crippen LogP contribution in [0.5, 0.6) is 0 Å². The van der Waals surface area contributed by atoms with Gasteiger partial charge in [-0.05, 0) is 17.7 Å². The Morgan fingerprint density at radius 1 is 1.03 bits per heavy atom. The third-order valence-electron chi connectivity index (χ3n) is 4.72. The molecule has 29 heavy (non-hydrogen) atoms. The van der Waals surface area contributed by atoms with Crippen molar-refractivity contribution in [2.24, 2.45) is 16.0 Å². The molecule has 3 N–H and O–H groups in total. The second-order valence-corrected chi connectivity index (χ2v) is 6.52. The van der Waals surface area contributed by atoms with Crippen molar-refractivity contribution in [3.05, 3.63) is 99.6 Å². The lowest BCUT2D eigenvalue weighted by molar-refractivity contribution is -0.142. The lowest BCUT2D eigenvalue weighted by atomic mass is 9.84.